The van der Waals surface area contributed by atoms with Gasteiger partial charge in [-0.15, -0.1) is 0 Å². The first kappa shape index (κ1) is 31.6. The fourth-order valence-electron chi connectivity index (χ4n) is 8.59. The molecule has 0 spiro atoms. The molecule has 0 N–H and O–H groups in total. The molecular weight excluding hydrogens is 695 g/mol. The quantitative estimate of drug-likeness (QED) is 0.170. The lowest BCUT2D eigenvalue weighted by Gasteiger charge is -2.11. The number of hydrogen-bond donors (Lipinski definition) is 0. The van der Waals surface area contributed by atoms with E-state index in [4.69, 9.17) is 19.4 Å². The van der Waals surface area contributed by atoms with E-state index in [1.54, 1.807) is 0 Å². The van der Waals surface area contributed by atoms with Crippen LogP contribution in [0.25, 0.3) is 121 Å². The molecule has 0 unspecified atom stereocenters. The summed E-state index contributed by atoms with van der Waals surface area (Å²) in [5, 5.41) is 13.9. The van der Waals surface area contributed by atoms with Gasteiger partial charge in [-0.25, -0.2) is 15.0 Å². The number of benzene rings is 10. The molecule has 4 heteroatoms. The SMILES string of the molecule is c1ccc2cc(-c3nc(-c4ccc5ccccc5c4)nc(-c4ccc5oc6c(-c7ccc8c(ccc9ccccc98)c7)c7ccccc7cc6c5c4)n3)ccc2c1. The lowest BCUT2D eigenvalue weighted by molar-refractivity contribution is 0.670. The normalized spacial score (nSPS) is 11.9. The van der Waals surface area contributed by atoms with Gasteiger partial charge in [0.25, 0.3) is 0 Å². The van der Waals surface area contributed by atoms with Gasteiger partial charge in [-0.3, -0.25) is 0 Å². The molecule has 0 saturated heterocycles. The van der Waals surface area contributed by atoms with Gasteiger partial charge < -0.3 is 4.42 Å². The van der Waals surface area contributed by atoms with Gasteiger partial charge in [0.1, 0.15) is 11.2 Å². The maximum Gasteiger partial charge on any atom is 0.164 e. The van der Waals surface area contributed by atoms with Crippen LogP contribution in [0, 0.1) is 0 Å². The van der Waals surface area contributed by atoms with Crippen LogP contribution in [-0.4, -0.2) is 15.0 Å². The minimum Gasteiger partial charge on any atom is -0.455 e. The van der Waals surface area contributed by atoms with Gasteiger partial charge in [0.05, 0.1) is 0 Å². The Morgan fingerprint density at radius 3 is 1.42 bits per heavy atom. The predicted octanol–water partition coefficient (Wildman–Crippen LogP) is 14.2. The van der Waals surface area contributed by atoms with Crippen LogP contribution in [0.4, 0.5) is 0 Å². The molecule has 57 heavy (non-hydrogen) atoms. The molecule has 2 aromatic heterocycles. The number of furan rings is 1. The van der Waals surface area contributed by atoms with Crippen LogP contribution in [0.2, 0.25) is 0 Å². The fourth-order valence-corrected chi connectivity index (χ4v) is 8.59. The number of nitrogens with zero attached hydrogens (tertiary/aromatic N) is 3. The number of fused-ring (bicyclic) bond motifs is 9. The molecule has 0 saturated carbocycles. The lowest BCUT2D eigenvalue weighted by Crippen LogP contribution is -2.00. The molecule has 12 rings (SSSR count). The fraction of sp³-hybridized carbons (Fsp3) is 0. The zero-order chi connectivity index (χ0) is 37.5. The van der Waals surface area contributed by atoms with Crippen LogP contribution < -0.4 is 0 Å². The molecule has 0 aliphatic carbocycles. The van der Waals surface area contributed by atoms with Crippen LogP contribution in [0.3, 0.4) is 0 Å². The van der Waals surface area contributed by atoms with E-state index >= 15 is 0 Å². The Morgan fingerprint density at radius 2 is 0.737 bits per heavy atom. The van der Waals surface area contributed by atoms with E-state index in [1.165, 1.54) is 32.3 Å². The van der Waals surface area contributed by atoms with E-state index < -0.39 is 0 Å². The molecule has 0 bridgehead atoms. The Balaban J connectivity index is 1.06. The number of hydrogen-bond acceptors (Lipinski definition) is 4. The van der Waals surface area contributed by atoms with Gasteiger partial charge in [-0.05, 0) is 102 Å². The van der Waals surface area contributed by atoms with Crippen LogP contribution in [0.5, 0.6) is 0 Å². The monoisotopic (exact) mass is 725 g/mol. The summed E-state index contributed by atoms with van der Waals surface area (Å²) < 4.78 is 6.83. The first-order chi connectivity index (χ1) is 28.2. The van der Waals surface area contributed by atoms with Crippen molar-refractivity contribution in [3.05, 3.63) is 188 Å². The highest BCUT2D eigenvalue weighted by molar-refractivity contribution is 6.19. The maximum atomic E-state index is 6.83. The van der Waals surface area contributed by atoms with Crippen LogP contribution in [-0.2, 0) is 0 Å². The van der Waals surface area contributed by atoms with Gasteiger partial charge in [0.15, 0.2) is 17.5 Å². The summed E-state index contributed by atoms with van der Waals surface area (Å²) in [6.45, 7) is 0. The van der Waals surface area contributed by atoms with Gasteiger partial charge in [-0.2, -0.15) is 0 Å². The minimum atomic E-state index is 0.607. The summed E-state index contributed by atoms with van der Waals surface area (Å²) in [6.07, 6.45) is 0. The molecule has 12 aromatic rings. The Bertz CT molecular complexity index is 3500. The highest BCUT2D eigenvalue weighted by Gasteiger charge is 2.19. The van der Waals surface area contributed by atoms with Gasteiger partial charge in [0.2, 0.25) is 0 Å². The highest BCUT2D eigenvalue weighted by atomic mass is 16.3. The van der Waals surface area contributed by atoms with Crippen LogP contribution >= 0.6 is 0 Å². The molecule has 0 radical (unpaired) electrons. The Kier molecular flexibility index (Phi) is 6.89. The zero-order valence-corrected chi connectivity index (χ0v) is 30.6. The van der Waals surface area contributed by atoms with Crippen molar-refractivity contribution in [1.82, 2.24) is 15.0 Å². The van der Waals surface area contributed by atoms with E-state index in [0.29, 0.717) is 17.5 Å². The third kappa shape index (κ3) is 5.19. The summed E-state index contributed by atoms with van der Waals surface area (Å²) in [5.74, 6) is 1.86. The second-order valence-electron chi connectivity index (χ2n) is 14.8. The molecule has 4 nitrogen and oxygen atoms in total. The molecule has 0 amide bonds. The third-order valence-electron chi connectivity index (χ3n) is 11.4. The van der Waals surface area contributed by atoms with Gasteiger partial charge in [0, 0.05) is 33.0 Å². The van der Waals surface area contributed by atoms with Crippen LogP contribution in [0.1, 0.15) is 0 Å². The van der Waals surface area contributed by atoms with Gasteiger partial charge >= 0.3 is 0 Å². The van der Waals surface area contributed by atoms with E-state index in [-0.39, 0.29) is 0 Å². The number of rotatable bonds is 4. The van der Waals surface area contributed by atoms with E-state index in [9.17, 15) is 0 Å². The Hall–Kier alpha value is -7.69. The van der Waals surface area contributed by atoms with E-state index in [2.05, 4.69) is 188 Å². The molecule has 0 atom stereocenters. The minimum absolute atomic E-state index is 0.607. The summed E-state index contributed by atoms with van der Waals surface area (Å²) in [7, 11) is 0. The lowest BCUT2D eigenvalue weighted by atomic mass is 9.92. The first-order valence-electron chi connectivity index (χ1n) is 19.2. The van der Waals surface area contributed by atoms with Crippen molar-refractivity contribution >= 4 is 75.8 Å². The van der Waals surface area contributed by atoms with Gasteiger partial charge in [-0.1, -0.05) is 146 Å². The van der Waals surface area contributed by atoms with Crippen molar-refractivity contribution in [2.24, 2.45) is 0 Å². The van der Waals surface area contributed by atoms with Crippen molar-refractivity contribution in [3.63, 3.8) is 0 Å². The third-order valence-corrected chi connectivity index (χ3v) is 11.4. The van der Waals surface area contributed by atoms with Crippen molar-refractivity contribution in [2.75, 3.05) is 0 Å². The Labute approximate surface area is 327 Å². The molecule has 10 aromatic carbocycles. The number of aromatic nitrogens is 3. The van der Waals surface area contributed by atoms with E-state index in [0.717, 1.165) is 71.3 Å². The molecule has 2 heterocycles. The average Bonchev–Trinajstić information content (AvgIpc) is 3.64. The first-order valence-corrected chi connectivity index (χ1v) is 19.2. The maximum absolute atomic E-state index is 6.83. The smallest absolute Gasteiger partial charge is 0.164 e. The molecule has 0 fully saturated rings. The summed E-state index contributed by atoms with van der Waals surface area (Å²) in [6, 6.07) is 66.5. The highest BCUT2D eigenvalue weighted by Crippen LogP contribution is 2.43. The van der Waals surface area contributed by atoms with Crippen molar-refractivity contribution in [1.29, 1.82) is 0 Å². The van der Waals surface area contributed by atoms with E-state index in [1.807, 2.05) is 0 Å². The average molecular weight is 726 g/mol. The molecule has 0 aliphatic rings. The summed E-state index contributed by atoms with van der Waals surface area (Å²) in [4.78, 5) is 15.4. The predicted molar refractivity (Wildman–Crippen MR) is 236 cm³/mol. The molecular formula is C53H31N3O. The molecule has 264 valence electrons. The van der Waals surface area contributed by atoms with Crippen molar-refractivity contribution in [3.8, 4) is 45.3 Å². The summed E-state index contributed by atoms with van der Waals surface area (Å²) in [5.41, 5.74) is 6.66. The Morgan fingerprint density at radius 1 is 0.281 bits per heavy atom. The van der Waals surface area contributed by atoms with Crippen molar-refractivity contribution in [2.45, 2.75) is 0 Å². The standard InChI is InChI=1S/C53H31N3O/c1-3-12-35-27-40(21-17-32(35)9-1)51-54-52(41-22-18-33-10-2-4-13-36(33)28-41)56-53(55-51)42-24-26-48-46(31-42)47-30-37-14-6-8-16-45(37)49(50(47)57-48)39-23-25-44-38(29-39)20-19-34-11-5-7-15-43(34)44/h1-31H. The zero-order valence-electron chi connectivity index (χ0n) is 30.6. The molecule has 0 aliphatic heterocycles. The van der Waals surface area contributed by atoms with Crippen LogP contribution in [0.15, 0.2) is 192 Å². The second kappa shape index (κ2) is 12.4. The second-order valence-corrected chi connectivity index (χ2v) is 14.8. The summed E-state index contributed by atoms with van der Waals surface area (Å²) >= 11 is 0. The topological polar surface area (TPSA) is 51.8 Å². The van der Waals surface area contributed by atoms with Crippen molar-refractivity contribution < 1.29 is 4.42 Å². The largest absolute Gasteiger partial charge is 0.455 e.